The lowest BCUT2D eigenvalue weighted by Gasteiger charge is -2.18. The fourth-order valence-electron chi connectivity index (χ4n) is 2.11. The van der Waals surface area contributed by atoms with Crippen LogP contribution >= 0.6 is 11.3 Å². The maximum atomic E-state index is 12.1. The average Bonchev–Trinajstić information content (AvgIpc) is 3.15. The zero-order chi connectivity index (χ0) is 18.6. The highest BCUT2D eigenvalue weighted by Crippen LogP contribution is 2.18. The maximum absolute atomic E-state index is 12.1. The summed E-state index contributed by atoms with van der Waals surface area (Å²) in [6.45, 7) is 3.36. The molecule has 9 heteroatoms. The van der Waals surface area contributed by atoms with Crippen molar-refractivity contribution in [2.75, 3.05) is 18.9 Å². The number of carboxylic acids is 1. The van der Waals surface area contributed by atoms with E-state index >= 15 is 0 Å². The minimum Gasteiger partial charge on any atom is -0.481 e. The van der Waals surface area contributed by atoms with Gasteiger partial charge in [-0.05, 0) is 13.0 Å². The Labute approximate surface area is 148 Å². The number of carbonyl (C=O) groups excluding carboxylic acids is 2. The van der Waals surface area contributed by atoms with Crippen molar-refractivity contribution in [3.05, 3.63) is 34.7 Å². The first kappa shape index (κ1) is 18.7. The molecule has 2 heterocycles. The fraction of sp³-hybridized carbons (Fsp3) is 0.375. The van der Waals surface area contributed by atoms with Gasteiger partial charge in [-0.1, -0.05) is 6.92 Å². The molecule has 8 nitrogen and oxygen atoms in total. The maximum Gasteiger partial charge on any atom is 0.308 e. The molecule has 0 aliphatic heterocycles. The van der Waals surface area contributed by atoms with Gasteiger partial charge in [-0.15, -0.1) is 11.3 Å². The Morgan fingerprint density at radius 2 is 2.16 bits per heavy atom. The summed E-state index contributed by atoms with van der Waals surface area (Å²) in [5.74, 6) is -1.64. The van der Waals surface area contributed by atoms with E-state index in [1.807, 2.05) is 0 Å². The van der Waals surface area contributed by atoms with Crippen molar-refractivity contribution in [1.29, 1.82) is 0 Å². The van der Waals surface area contributed by atoms with Gasteiger partial charge in [-0.3, -0.25) is 19.7 Å². The SMILES string of the molecule is Cc1occc1C(=O)Nc1nc(CC(=O)N(C)CC(C)C(=O)O)cs1. The predicted molar refractivity (Wildman–Crippen MR) is 91.7 cm³/mol. The highest BCUT2D eigenvalue weighted by Gasteiger charge is 2.19. The summed E-state index contributed by atoms with van der Waals surface area (Å²) in [5.41, 5.74) is 0.944. The standard InChI is InChI=1S/C16H19N3O5S/c1-9(15(22)23)7-19(3)13(20)6-11-8-25-16(17-11)18-14(21)12-4-5-24-10(12)2/h4-5,8-9H,6-7H2,1-3H3,(H,22,23)(H,17,18,21). The van der Waals surface area contributed by atoms with Crippen molar-refractivity contribution in [2.24, 2.45) is 5.92 Å². The van der Waals surface area contributed by atoms with Crippen molar-refractivity contribution in [3.8, 4) is 0 Å². The number of furan rings is 1. The third kappa shape index (κ3) is 4.90. The number of nitrogens with one attached hydrogen (secondary N) is 1. The van der Waals surface area contributed by atoms with Gasteiger partial charge in [0, 0.05) is 19.0 Å². The van der Waals surface area contributed by atoms with Crippen molar-refractivity contribution < 1.29 is 23.9 Å². The third-order valence-electron chi connectivity index (χ3n) is 3.60. The summed E-state index contributed by atoms with van der Waals surface area (Å²) >= 11 is 1.21. The number of nitrogens with zero attached hydrogens (tertiary/aromatic N) is 2. The van der Waals surface area contributed by atoms with Crippen molar-refractivity contribution in [3.63, 3.8) is 0 Å². The van der Waals surface area contributed by atoms with Gasteiger partial charge in [-0.25, -0.2) is 4.98 Å². The van der Waals surface area contributed by atoms with Crippen LogP contribution in [0, 0.1) is 12.8 Å². The molecule has 0 aliphatic rings. The lowest BCUT2D eigenvalue weighted by Crippen LogP contribution is -2.34. The number of likely N-dealkylation sites (N-methyl/N-ethyl adjacent to an activating group) is 1. The van der Waals surface area contributed by atoms with Crippen LogP contribution in [0.15, 0.2) is 22.1 Å². The van der Waals surface area contributed by atoms with Crippen LogP contribution < -0.4 is 5.32 Å². The molecule has 25 heavy (non-hydrogen) atoms. The summed E-state index contributed by atoms with van der Waals surface area (Å²) < 4.78 is 5.09. The van der Waals surface area contributed by atoms with E-state index < -0.39 is 11.9 Å². The van der Waals surface area contributed by atoms with Crippen molar-refractivity contribution >= 4 is 34.3 Å². The topological polar surface area (TPSA) is 113 Å². The summed E-state index contributed by atoms with van der Waals surface area (Å²) in [5, 5.41) is 13.6. The van der Waals surface area contributed by atoms with Crippen LogP contribution in [-0.4, -0.2) is 46.4 Å². The van der Waals surface area contributed by atoms with Gasteiger partial charge in [0.1, 0.15) is 5.76 Å². The zero-order valence-corrected chi connectivity index (χ0v) is 14.9. The number of rotatable bonds is 7. The molecule has 0 radical (unpaired) electrons. The third-order valence-corrected chi connectivity index (χ3v) is 4.41. The fourth-order valence-corrected chi connectivity index (χ4v) is 2.82. The Hall–Kier alpha value is -2.68. The normalized spacial score (nSPS) is 11.8. The van der Waals surface area contributed by atoms with Crippen molar-refractivity contribution in [2.45, 2.75) is 20.3 Å². The number of aryl methyl sites for hydroxylation is 1. The second-order valence-corrected chi connectivity index (χ2v) is 6.54. The molecule has 0 aromatic carbocycles. The highest BCUT2D eigenvalue weighted by molar-refractivity contribution is 7.14. The molecule has 2 amide bonds. The minimum atomic E-state index is -0.951. The molecule has 2 aromatic rings. The van der Waals surface area contributed by atoms with E-state index in [0.717, 1.165) is 0 Å². The second kappa shape index (κ2) is 7.93. The smallest absolute Gasteiger partial charge is 0.308 e. The Morgan fingerprint density at radius 3 is 2.76 bits per heavy atom. The summed E-state index contributed by atoms with van der Waals surface area (Å²) in [6.07, 6.45) is 1.48. The van der Waals surface area contributed by atoms with E-state index in [1.54, 1.807) is 32.3 Å². The number of thiazole rings is 1. The second-order valence-electron chi connectivity index (χ2n) is 5.68. The van der Waals surface area contributed by atoms with Crippen molar-refractivity contribution in [1.82, 2.24) is 9.88 Å². The first-order valence-electron chi connectivity index (χ1n) is 7.54. The largest absolute Gasteiger partial charge is 0.481 e. The molecule has 2 rings (SSSR count). The molecule has 2 aromatic heterocycles. The quantitative estimate of drug-likeness (QED) is 0.776. The number of hydrogen-bond donors (Lipinski definition) is 2. The Kier molecular flexibility index (Phi) is 5.92. The zero-order valence-electron chi connectivity index (χ0n) is 14.1. The molecule has 0 saturated heterocycles. The van der Waals surface area contributed by atoms with Gasteiger partial charge in [0.15, 0.2) is 5.13 Å². The molecular weight excluding hydrogens is 346 g/mol. The van der Waals surface area contributed by atoms with Crippen LogP contribution in [0.2, 0.25) is 0 Å². The first-order chi connectivity index (χ1) is 11.8. The van der Waals surface area contributed by atoms with E-state index in [-0.39, 0.29) is 24.8 Å². The van der Waals surface area contributed by atoms with E-state index in [2.05, 4.69) is 10.3 Å². The molecule has 134 valence electrons. The molecule has 1 atom stereocenters. The van der Waals surface area contributed by atoms with E-state index in [4.69, 9.17) is 9.52 Å². The molecule has 2 N–H and O–H groups in total. The van der Waals surface area contributed by atoms with Crippen LogP contribution in [0.3, 0.4) is 0 Å². The van der Waals surface area contributed by atoms with Crippen LogP contribution in [0.5, 0.6) is 0 Å². The van der Waals surface area contributed by atoms with Gasteiger partial charge in [0.2, 0.25) is 5.91 Å². The predicted octanol–water partition coefficient (Wildman–Crippen LogP) is 2.02. The van der Waals surface area contributed by atoms with Crippen LogP contribution in [0.4, 0.5) is 5.13 Å². The average molecular weight is 365 g/mol. The number of carbonyl (C=O) groups is 3. The first-order valence-corrected chi connectivity index (χ1v) is 8.42. The van der Waals surface area contributed by atoms with Gasteiger partial charge < -0.3 is 14.4 Å². The molecule has 0 bridgehead atoms. The lowest BCUT2D eigenvalue weighted by atomic mass is 10.1. The van der Waals surface area contributed by atoms with Gasteiger partial charge in [-0.2, -0.15) is 0 Å². The monoisotopic (exact) mass is 365 g/mol. The summed E-state index contributed by atoms with van der Waals surface area (Å²) in [6, 6.07) is 1.57. The molecule has 0 spiro atoms. The Morgan fingerprint density at radius 1 is 1.44 bits per heavy atom. The number of hydrogen-bond acceptors (Lipinski definition) is 6. The molecule has 0 saturated carbocycles. The Balaban J connectivity index is 1.92. The van der Waals surface area contributed by atoms with Crippen LogP contribution in [0.25, 0.3) is 0 Å². The van der Waals surface area contributed by atoms with E-state index in [1.165, 1.54) is 22.5 Å². The molecule has 0 aliphatic carbocycles. The Bertz CT molecular complexity index is 782. The van der Waals surface area contributed by atoms with E-state index in [9.17, 15) is 14.4 Å². The van der Waals surface area contributed by atoms with E-state index in [0.29, 0.717) is 22.1 Å². The molecule has 1 unspecified atom stereocenters. The van der Waals surface area contributed by atoms with Gasteiger partial charge in [0.05, 0.1) is 29.9 Å². The minimum absolute atomic E-state index is 0.0416. The molecule has 0 fully saturated rings. The van der Waals surface area contributed by atoms with Crippen LogP contribution in [0.1, 0.15) is 28.7 Å². The number of amides is 2. The number of aromatic nitrogens is 1. The van der Waals surface area contributed by atoms with Gasteiger partial charge >= 0.3 is 5.97 Å². The number of carboxylic acid groups (broad SMARTS) is 1. The number of aliphatic carboxylic acids is 1. The molecular formula is C16H19N3O5S. The highest BCUT2D eigenvalue weighted by atomic mass is 32.1. The summed E-state index contributed by atoms with van der Waals surface area (Å²) in [7, 11) is 1.55. The van der Waals surface area contributed by atoms with Gasteiger partial charge in [0.25, 0.3) is 5.91 Å². The lowest BCUT2D eigenvalue weighted by molar-refractivity contribution is -0.142. The number of anilines is 1. The summed E-state index contributed by atoms with van der Waals surface area (Å²) in [4.78, 5) is 40.6. The van der Waals surface area contributed by atoms with Crippen LogP contribution in [-0.2, 0) is 16.0 Å².